The van der Waals surface area contributed by atoms with Crippen molar-refractivity contribution in [1.29, 1.82) is 0 Å². The van der Waals surface area contributed by atoms with Crippen LogP contribution >= 0.6 is 31.9 Å². The quantitative estimate of drug-likeness (QED) is 0.317. The van der Waals surface area contributed by atoms with Gasteiger partial charge in [-0.3, -0.25) is 4.79 Å². The van der Waals surface area contributed by atoms with Gasteiger partial charge in [0.15, 0.2) is 0 Å². The maximum atomic E-state index is 11.8. The van der Waals surface area contributed by atoms with E-state index in [1.165, 1.54) is 0 Å². The zero-order chi connectivity index (χ0) is 18.4. The molecule has 26 heavy (non-hydrogen) atoms. The van der Waals surface area contributed by atoms with E-state index in [0.717, 1.165) is 26.6 Å². The van der Waals surface area contributed by atoms with Gasteiger partial charge in [0.2, 0.25) is 0 Å². The molecule has 6 heteroatoms. The summed E-state index contributed by atoms with van der Waals surface area (Å²) >= 11 is 6.83. The Morgan fingerprint density at radius 1 is 0.923 bits per heavy atom. The number of furan rings is 1. The van der Waals surface area contributed by atoms with Crippen molar-refractivity contribution in [2.75, 3.05) is 10.6 Å². The van der Waals surface area contributed by atoms with Gasteiger partial charge in [-0.25, -0.2) is 0 Å². The molecule has 1 atom stereocenters. The summed E-state index contributed by atoms with van der Waals surface area (Å²) in [5, 5.41) is 6.50. The second-order valence-electron chi connectivity index (χ2n) is 5.51. The lowest BCUT2D eigenvalue weighted by Crippen LogP contribution is -2.15. The summed E-state index contributed by atoms with van der Waals surface area (Å²) in [5.74, 6) is 0.656. The highest BCUT2D eigenvalue weighted by Gasteiger charge is 2.19. The van der Waals surface area contributed by atoms with Gasteiger partial charge in [-0.05, 0) is 60.7 Å². The van der Waals surface area contributed by atoms with E-state index >= 15 is 0 Å². The molecule has 1 aromatic heterocycles. The van der Waals surface area contributed by atoms with E-state index in [4.69, 9.17) is 4.42 Å². The first-order chi connectivity index (χ1) is 12.7. The van der Waals surface area contributed by atoms with E-state index in [-0.39, 0.29) is 0 Å². The number of rotatable bonds is 7. The average molecular weight is 476 g/mol. The Morgan fingerprint density at radius 2 is 1.54 bits per heavy atom. The second-order valence-corrected chi connectivity index (χ2v) is 7.34. The Balaban J connectivity index is 1.85. The van der Waals surface area contributed by atoms with Crippen LogP contribution in [0.25, 0.3) is 0 Å². The summed E-state index contributed by atoms with van der Waals surface area (Å²) in [7, 11) is 0. The van der Waals surface area contributed by atoms with Gasteiger partial charge in [-0.1, -0.05) is 31.9 Å². The molecule has 0 aliphatic carbocycles. The maximum Gasteiger partial charge on any atom is 0.150 e. The molecule has 0 bridgehead atoms. The molecule has 0 radical (unpaired) electrons. The summed E-state index contributed by atoms with van der Waals surface area (Å²) in [6, 6.07) is 18.7. The molecule has 2 aromatic carbocycles. The highest BCUT2D eigenvalue weighted by Crippen LogP contribution is 2.27. The zero-order valence-corrected chi connectivity index (χ0v) is 16.8. The van der Waals surface area contributed by atoms with Crippen LogP contribution in [0, 0.1) is 0 Å². The summed E-state index contributed by atoms with van der Waals surface area (Å²) in [6.07, 6.45) is 4.11. The molecule has 132 valence electrons. The highest BCUT2D eigenvalue weighted by atomic mass is 79.9. The molecule has 1 unspecified atom stereocenters. The Morgan fingerprint density at radius 3 is 2.08 bits per heavy atom. The van der Waals surface area contributed by atoms with Crippen LogP contribution in [-0.4, -0.2) is 6.29 Å². The van der Waals surface area contributed by atoms with E-state index in [0.29, 0.717) is 11.3 Å². The molecular formula is C20H16Br2N2O2. The molecule has 1 heterocycles. The first-order valence-corrected chi connectivity index (χ1v) is 9.47. The van der Waals surface area contributed by atoms with Crippen molar-refractivity contribution in [3.05, 3.63) is 93.4 Å². The van der Waals surface area contributed by atoms with Gasteiger partial charge in [-0.2, -0.15) is 0 Å². The lowest BCUT2D eigenvalue weighted by atomic mass is 10.1. The third-order valence-electron chi connectivity index (χ3n) is 3.70. The van der Waals surface area contributed by atoms with E-state index in [1.807, 2.05) is 54.6 Å². The average Bonchev–Trinajstić information content (AvgIpc) is 3.18. The summed E-state index contributed by atoms with van der Waals surface area (Å²) in [6.45, 7) is 0. The monoisotopic (exact) mass is 474 g/mol. The molecule has 0 saturated heterocycles. The minimum Gasteiger partial charge on any atom is -0.467 e. The fraction of sp³-hybridized carbons (Fsp3) is 0.0500. The Kier molecular flexibility index (Phi) is 6.30. The van der Waals surface area contributed by atoms with Crippen molar-refractivity contribution in [3.63, 3.8) is 0 Å². The number of carbonyl (C=O) groups excluding carboxylic acids is 1. The molecule has 3 rings (SSSR count). The summed E-state index contributed by atoms with van der Waals surface area (Å²) in [5.41, 5.74) is 2.28. The van der Waals surface area contributed by atoms with Gasteiger partial charge in [0.05, 0.1) is 6.26 Å². The van der Waals surface area contributed by atoms with Crippen molar-refractivity contribution in [1.82, 2.24) is 0 Å². The third-order valence-corrected chi connectivity index (χ3v) is 4.76. The topological polar surface area (TPSA) is 54.3 Å². The predicted octanol–water partition coefficient (Wildman–Crippen LogP) is 6.15. The van der Waals surface area contributed by atoms with Gasteiger partial charge < -0.3 is 15.1 Å². The van der Waals surface area contributed by atoms with Gasteiger partial charge in [-0.15, -0.1) is 0 Å². The molecular weight excluding hydrogens is 460 g/mol. The number of anilines is 2. The van der Waals surface area contributed by atoms with Crippen LogP contribution in [0.3, 0.4) is 0 Å². The number of aldehydes is 1. The van der Waals surface area contributed by atoms with Crippen molar-refractivity contribution in [3.8, 4) is 0 Å². The second kappa shape index (κ2) is 8.87. The third kappa shape index (κ3) is 4.86. The first kappa shape index (κ1) is 18.5. The lowest BCUT2D eigenvalue weighted by Gasteiger charge is -2.18. The van der Waals surface area contributed by atoms with Crippen LogP contribution in [0.15, 0.2) is 92.1 Å². The fourth-order valence-corrected chi connectivity index (χ4v) is 2.91. The minimum absolute atomic E-state index is 0.411. The fourth-order valence-electron chi connectivity index (χ4n) is 2.39. The molecule has 0 amide bonds. The van der Waals surface area contributed by atoms with Gasteiger partial charge >= 0.3 is 0 Å². The van der Waals surface area contributed by atoms with Gasteiger partial charge in [0, 0.05) is 32.1 Å². The molecule has 4 nitrogen and oxygen atoms in total. The standard InChI is InChI=1S/C20H16Br2N2O2/c21-15-3-7-17(8-4-15)23-12-14(13-25)20(19-2-1-11-26-19)24-18-9-5-16(22)6-10-18/h1-13,20,23-24H/b14-12+. The van der Waals surface area contributed by atoms with E-state index in [2.05, 4.69) is 42.5 Å². The number of hydrogen-bond donors (Lipinski definition) is 2. The van der Waals surface area contributed by atoms with Crippen molar-refractivity contribution in [2.45, 2.75) is 6.04 Å². The van der Waals surface area contributed by atoms with Crippen LogP contribution in [0.1, 0.15) is 11.8 Å². The van der Waals surface area contributed by atoms with Crippen LogP contribution < -0.4 is 10.6 Å². The van der Waals surface area contributed by atoms with E-state index in [1.54, 1.807) is 18.5 Å². The maximum absolute atomic E-state index is 11.8. The first-order valence-electron chi connectivity index (χ1n) is 7.88. The van der Waals surface area contributed by atoms with Crippen LogP contribution in [0.2, 0.25) is 0 Å². The van der Waals surface area contributed by atoms with Gasteiger partial charge in [0.25, 0.3) is 0 Å². The highest BCUT2D eigenvalue weighted by molar-refractivity contribution is 9.10. The van der Waals surface area contributed by atoms with Crippen LogP contribution in [0.4, 0.5) is 11.4 Å². The Hall–Kier alpha value is -2.31. The van der Waals surface area contributed by atoms with Crippen LogP contribution in [-0.2, 0) is 4.79 Å². The molecule has 3 aromatic rings. The van der Waals surface area contributed by atoms with E-state index in [9.17, 15) is 4.79 Å². The molecule has 0 aliphatic rings. The molecule has 0 aliphatic heterocycles. The summed E-state index contributed by atoms with van der Waals surface area (Å²) < 4.78 is 7.52. The SMILES string of the molecule is O=C/C(=C\Nc1ccc(Br)cc1)C(Nc1ccc(Br)cc1)c1ccco1. The number of nitrogens with one attached hydrogen (secondary N) is 2. The lowest BCUT2D eigenvalue weighted by molar-refractivity contribution is -0.105. The summed E-state index contributed by atoms with van der Waals surface area (Å²) in [4.78, 5) is 11.8. The van der Waals surface area contributed by atoms with Crippen molar-refractivity contribution in [2.24, 2.45) is 0 Å². The normalized spacial score (nSPS) is 12.5. The van der Waals surface area contributed by atoms with Crippen molar-refractivity contribution >= 4 is 49.5 Å². The largest absolute Gasteiger partial charge is 0.467 e. The predicted molar refractivity (Wildman–Crippen MR) is 111 cm³/mol. The molecule has 0 spiro atoms. The van der Waals surface area contributed by atoms with E-state index < -0.39 is 6.04 Å². The Labute approximate surface area is 168 Å². The molecule has 2 N–H and O–H groups in total. The minimum atomic E-state index is -0.411. The number of benzene rings is 2. The number of carbonyl (C=O) groups is 1. The smallest absolute Gasteiger partial charge is 0.150 e. The number of hydrogen-bond acceptors (Lipinski definition) is 4. The van der Waals surface area contributed by atoms with Gasteiger partial charge in [0.1, 0.15) is 18.1 Å². The zero-order valence-electron chi connectivity index (χ0n) is 13.7. The number of halogens is 2. The van der Waals surface area contributed by atoms with Crippen molar-refractivity contribution < 1.29 is 9.21 Å². The van der Waals surface area contributed by atoms with Crippen LogP contribution in [0.5, 0.6) is 0 Å². The Bertz CT molecular complexity index is 873. The molecule has 0 saturated carbocycles. The molecule has 0 fully saturated rings.